The van der Waals surface area contributed by atoms with E-state index in [9.17, 15) is 4.79 Å². The average molecular weight is 551 g/mol. The molecule has 1 unspecified atom stereocenters. The summed E-state index contributed by atoms with van der Waals surface area (Å²) in [6.45, 7) is 2.26. The van der Waals surface area contributed by atoms with Gasteiger partial charge in [0.2, 0.25) is 5.95 Å². The van der Waals surface area contributed by atoms with Crippen LogP contribution >= 0.6 is 11.3 Å². The molecule has 2 aromatic carbocycles. The monoisotopic (exact) mass is 550 g/mol. The molecule has 200 valence electrons. The number of thiophene rings is 1. The molecule has 0 saturated carbocycles. The summed E-state index contributed by atoms with van der Waals surface area (Å²) in [6.07, 6.45) is 1.63. The van der Waals surface area contributed by atoms with Crippen LogP contribution in [0.5, 0.6) is 11.5 Å². The maximum absolute atomic E-state index is 13.7. The molecule has 0 bridgehead atoms. The van der Waals surface area contributed by atoms with Crippen LogP contribution in [0.15, 0.2) is 102 Å². The SMILES string of the molecule is COc1cc(C2C(C(=O)Nc3ccccn3)=C(C)Nc3nc(-c4cccs4)nn32)ccc1OCc1ccccc1. The van der Waals surface area contributed by atoms with Crippen molar-refractivity contribution in [1.29, 1.82) is 0 Å². The van der Waals surface area contributed by atoms with Crippen LogP contribution in [0.25, 0.3) is 10.7 Å². The molecule has 1 atom stereocenters. The molecule has 2 N–H and O–H groups in total. The van der Waals surface area contributed by atoms with Gasteiger partial charge in [-0.1, -0.05) is 48.5 Å². The number of carbonyl (C=O) groups excluding carboxylic acids is 1. The molecule has 5 aromatic rings. The van der Waals surface area contributed by atoms with Gasteiger partial charge in [0.25, 0.3) is 5.91 Å². The Kier molecular flexibility index (Phi) is 6.98. The molecule has 0 fully saturated rings. The predicted molar refractivity (Wildman–Crippen MR) is 154 cm³/mol. The second kappa shape index (κ2) is 11.0. The molecular formula is C30H26N6O3S. The Balaban J connectivity index is 1.39. The highest BCUT2D eigenvalue weighted by Crippen LogP contribution is 2.40. The van der Waals surface area contributed by atoms with Gasteiger partial charge in [0.1, 0.15) is 18.5 Å². The van der Waals surface area contributed by atoms with Gasteiger partial charge in [-0.2, -0.15) is 4.98 Å². The highest BCUT2D eigenvalue weighted by atomic mass is 32.1. The number of aromatic nitrogens is 4. The van der Waals surface area contributed by atoms with E-state index in [0.717, 1.165) is 16.0 Å². The zero-order valence-electron chi connectivity index (χ0n) is 21.9. The fourth-order valence-corrected chi connectivity index (χ4v) is 5.25. The number of rotatable bonds is 8. The van der Waals surface area contributed by atoms with E-state index in [1.54, 1.807) is 41.5 Å². The summed E-state index contributed by atoms with van der Waals surface area (Å²) in [4.78, 5) is 23.7. The van der Waals surface area contributed by atoms with E-state index < -0.39 is 6.04 Å². The third-order valence-electron chi connectivity index (χ3n) is 6.49. The molecule has 1 aliphatic rings. The second-order valence-corrected chi connectivity index (χ2v) is 10.0. The van der Waals surface area contributed by atoms with Crippen LogP contribution in [-0.4, -0.2) is 32.8 Å². The zero-order valence-corrected chi connectivity index (χ0v) is 22.7. The molecule has 6 rings (SSSR count). The van der Waals surface area contributed by atoms with E-state index in [1.165, 1.54) is 0 Å². The lowest BCUT2D eigenvalue weighted by Gasteiger charge is -2.29. The van der Waals surface area contributed by atoms with Crippen molar-refractivity contribution in [2.75, 3.05) is 17.7 Å². The fraction of sp³-hybridized carbons (Fsp3) is 0.133. The van der Waals surface area contributed by atoms with Crippen LogP contribution in [0.3, 0.4) is 0 Å². The van der Waals surface area contributed by atoms with Crippen LogP contribution < -0.4 is 20.1 Å². The van der Waals surface area contributed by atoms with Crippen molar-refractivity contribution < 1.29 is 14.3 Å². The summed E-state index contributed by atoms with van der Waals surface area (Å²) >= 11 is 1.55. The van der Waals surface area contributed by atoms with E-state index in [2.05, 4.69) is 15.6 Å². The summed E-state index contributed by atoms with van der Waals surface area (Å²) in [5, 5.41) is 13.0. The van der Waals surface area contributed by atoms with E-state index in [1.807, 2.05) is 79.0 Å². The number of fused-ring (bicyclic) bond motifs is 1. The number of pyridine rings is 1. The molecule has 0 aliphatic carbocycles. The smallest absolute Gasteiger partial charge is 0.257 e. The molecule has 4 heterocycles. The van der Waals surface area contributed by atoms with Gasteiger partial charge in [-0.05, 0) is 53.8 Å². The lowest BCUT2D eigenvalue weighted by atomic mass is 9.94. The molecule has 3 aromatic heterocycles. The predicted octanol–water partition coefficient (Wildman–Crippen LogP) is 5.92. The van der Waals surface area contributed by atoms with Gasteiger partial charge in [0.15, 0.2) is 17.3 Å². The minimum atomic E-state index is -0.585. The number of hydrogen-bond acceptors (Lipinski definition) is 8. The van der Waals surface area contributed by atoms with Gasteiger partial charge in [-0.3, -0.25) is 4.79 Å². The van der Waals surface area contributed by atoms with Gasteiger partial charge in [0, 0.05) is 11.9 Å². The van der Waals surface area contributed by atoms with Crippen molar-refractivity contribution >= 4 is 29.0 Å². The molecule has 0 radical (unpaired) electrons. The van der Waals surface area contributed by atoms with Crippen LogP contribution in [0.1, 0.15) is 24.1 Å². The first-order chi connectivity index (χ1) is 19.6. The van der Waals surface area contributed by atoms with Crippen LogP contribution in [-0.2, 0) is 11.4 Å². The standard InChI is InChI=1S/C30H26N6O3S/c1-19-26(29(37)33-25-12-6-7-15-31-25)27(36-30(32-19)34-28(35-36)24-11-8-16-40-24)21-13-14-22(23(17-21)38-2)39-18-20-9-4-3-5-10-20/h3-17,27H,18H2,1-2H3,(H,31,33,37)(H,32,34,35). The first-order valence-corrected chi connectivity index (χ1v) is 13.5. The number of nitrogens with one attached hydrogen (secondary N) is 2. The first kappa shape index (κ1) is 25.3. The van der Waals surface area contributed by atoms with Crippen molar-refractivity contribution in [3.63, 3.8) is 0 Å². The molecule has 40 heavy (non-hydrogen) atoms. The third-order valence-corrected chi connectivity index (χ3v) is 7.35. The number of anilines is 2. The minimum absolute atomic E-state index is 0.295. The largest absolute Gasteiger partial charge is 0.493 e. The van der Waals surface area contributed by atoms with Crippen molar-refractivity contribution in [2.45, 2.75) is 19.6 Å². The molecule has 10 heteroatoms. The number of methoxy groups -OCH3 is 1. The number of ether oxygens (including phenoxy) is 2. The molecule has 1 aliphatic heterocycles. The van der Waals surface area contributed by atoms with Crippen molar-refractivity contribution in [3.8, 4) is 22.2 Å². The fourth-order valence-electron chi connectivity index (χ4n) is 4.59. The van der Waals surface area contributed by atoms with Crippen molar-refractivity contribution in [2.24, 2.45) is 0 Å². The maximum Gasteiger partial charge on any atom is 0.257 e. The second-order valence-electron chi connectivity index (χ2n) is 9.10. The zero-order chi connectivity index (χ0) is 27.5. The molecule has 0 saturated heterocycles. The normalized spacial score (nSPS) is 14.3. The number of benzene rings is 2. The van der Waals surface area contributed by atoms with Crippen molar-refractivity contribution in [1.82, 2.24) is 19.7 Å². The molecule has 1 amide bonds. The summed E-state index contributed by atoms with van der Waals surface area (Å²) in [6, 6.07) is 24.3. The quantitative estimate of drug-likeness (QED) is 0.247. The number of amides is 1. The highest BCUT2D eigenvalue weighted by Gasteiger charge is 2.35. The van der Waals surface area contributed by atoms with E-state index in [-0.39, 0.29) is 5.91 Å². The number of carbonyl (C=O) groups is 1. The van der Waals surface area contributed by atoms with Gasteiger partial charge < -0.3 is 20.1 Å². The lowest BCUT2D eigenvalue weighted by molar-refractivity contribution is -0.113. The summed E-state index contributed by atoms with van der Waals surface area (Å²) in [5.41, 5.74) is 2.99. The Morgan fingerprint density at radius 2 is 1.90 bits per heavy atom. The Labute approximate surface area is 235 Å². The number of allylic oxidation sites excluding steroid dienone is 1. The van der Waals surface area contributed by atoms with Crippen LogP contribution in [0, 0.1) is 0 Å². The van der Waals surface area contributed by atoms with E-state index in [4.69, 9.17) is 19.6 Å². The molecule has 9 nitrogen and oxygen atoms in total. The van der Waals surface area contributed by atoms with Gasteiger partial charge >= 0.3 is 0 Å². The molecule has 0 spiro atoms. The Morgan fingerprint density at radius 1 is 1.05 bits per heavy atom. The van der Waals surface area contributed by atoms with E-state index >= 15 is 0 Å². The topological polar surface area (TPSA) is 103 Å². The number of nitrogens with zero attached hydrogens (tertiary/aromatic N) is 4. The Bertz CT molecular complexity index is 1670. The van der Waals surface area contributed by atoms with Gasteiger partial charge in [-0.15, -0.1) is 16.4 Å². The van der Waals surface area contributed by atoms with E-state index in [0.29, 0.717) is 47.0 Å². The average Bonchev–Trinajstić information content (AvgIpc) is 3.67. The summed E-state index contributed by atoms with van der Waals surface area (Å²) in [5.74, 6) is 2.44. The van der Waals surface area contributed by atoms with Gasteiger partial charge in [-0.25, -0.2) is 9.67 Å². The van der Waals surface area contributed by atoms with Crippen molar-refractivity contribution in [3.05, 3.63) is 113 Å². The summed E-state index contributed by atoms with van der Waals surface area (Å²) < 4.78 is 13.6. The van der Waals surface area contributed by atoms with Crippen LogP contribution in [0.2, 0.25) is 0 Å². The first-order valence-electron chi connectivity index (χ1n) is 12.7. The Morgan fingerprint density at radius 3 is 2.65 bits per heavy atom. The highest BCUT2D eigenvalue weighted by molar-refractivity contribution is 7.13. The lowest BCUT2D eigenvalue weighted by Crippen LogP contribution is -2.31. The molecular weight excluding hydrogens is 524 g/mol. The third kappa shape index (κ3) is 5.04. The Hall–Kier alpha value is -4.96. The minimum Gasteiger partial charge on any atom is -0.493 e. The summed E-state index contributed by atoms with van der Waals surface area (Å²) in [7, 11) is 1.60. The van der Waals surface area contributed by atoms with Gasteiger partial charge in [0.05, 0.1) is 17.6 Å². The maximum atomic E-state index is 13.7. The number of hydrogen-bond donors (Lipinski definition) is 2. The van der Waals surface area contributed by atoms with Crippen LogP contribution in [0.4, 0.5) is 11.8 Å².